The summed E-state index contributed by atoms with van der Waals surface area (Å²) in [6.07, 6.45) is 6.30. The minimum absolute atomic E-state index is 0.0185. The van der Waals surface area contributed by atoms with Gasteiger partial charge in [-0.15, -0.1) is 0 Å². The summed E-state index contributed by atoms with van der Waals surface area (Å²) >= 11 is 0. The fourth-order valence-electron chi connectivity index (χ4n) is 5.18. The molecule has 7 nitrogen and oxygen atoms in total. The van der Waals surface area contributed by atoms with Gasteiger partial charge in [0.1, 0.15) is 0 Å². The zero-order valence-corrected chi connectivity index (χ0v) is 16.3. The first-order valence-electron chi connectivity index (χ1n) is 10.1. The predicted octanol–water partition coefficient (Wildman–Crippen LogP) is 1.41. The summed E-state index contributed by atoms with van der Waals surface area (Å²) in [5.41, 5.74) is 2.02. The first-order valence-corrected chi connectivity index (χ1v) is 10.1. The van der Waals surface area contributed by atoms with Gasteiger partial charge in [-0.1, -0.05) is 18.2 Å². The van der Waals surface area contributed by atoms with Gasteiger partial charge in [0.2, 0.25) is 5.91 Å². The number of nitrogens with one attached hydrogen (secondary N) is 2. The minimum atomic E-state index is -0.365. The first kappa shape index (κ1) is 18.0. The van der Waals surface area contributed by atoms with E-state index in [1.54, 1.807) is 18.3 Å². The fourth-order valence-corrected chi connectivity index (χ4v) is 5.18. The fraction of sp³-hybridized carbons (Fsp3) is 0.409. The van der Waals surface area contributed by atoms with Crippen molar-refractivity contribution in [3.8, 4) is 0 Å². The normalized spacial score (nSPS) is 27.5. The Hall–Kier alpha value is -3.09. The molecule has 29 heavy (non-hydrogen) atoms. The SMILES string of the molecule is Cn1ccc(C(=O)N[C@@H]2C[C@@H]3CC[C@H]2N3C(=O)C2CNC(=O)c3ccccc32)c1. The van der Waals surface area contributed by atoms with E-state index in [2.05, 4.69) is 10.6 Å². The molecule has 5 rings (SSSR count). The highest BCUT2D eigenvalue weighted by atomic mass is 16.2. The Morgan fingerprint density at radius 1 is 1.17 bits per heavy atom. The van der Waals surface area contributed by atoms with Crippen LogP contribution in [0.4, 0.5) is 0 Å². The zero-order valence-electron chi connectivity index (χ0n) is 16.3. The van der Waals surface area contributed by atoms with E-state index in [0.717, 1.165) is 24.8 Å². The van der Waals surface area contributed by atoms with Gasteiger partial charge in [0.15, 0.2) is 0 Å². The zero-order chi connectivity index (χ0) is 20.1. The van der Waals surface area contributed by atoms with E-state index in [9.17, 15) is 14.4 Å². The number of amides is 3. The number of carbonyl (C=O) groups excluding carboxylic acids is 3. The molecule has 4 heterocycles. The summed E-state index contributed by atoms with van der Waals surface area (Å²) in [5.74, 6) is -0.523. The second-order valence-electron chi connectivity index (χ2n) is 8.28. The van der Waals surface area contributed by atoms with Crippen LogP contribution in [0.2, 0.25) is 0 Å². The maximum Gasteiger partial charge on any atom is 0.253 e. The molecule has 2 N–H and O–H groups in total. The van der Waals surface area contributed by atoms with Gasteiger partial charge in [-0.25, -0.2) is 0 Å². The van der Waals surface area contributed by atoms with Crippen LogP contribution in [0.5, 0.6) is 0 Å². The van der Waals surface area contributed by atoms with Crippen LogP contribution in [-0.4, -0.2) is 51.9 Å². The van der Waals surface area contributed by atoms with E-state index in [1.165, 1.54) is 0 Å². The molecule has 2 bridgehead atoms. The lowest BCUT2D eigenvalue weighted by Crippen LogP contribution is -2.48. The van der Waals surface area contributed by atoms with Gasteiger partial charge in [0, 0.05) is 37.6 Å². The van der Waals surface area contributed by atoms with Gasteiger partial charge in [0.05, 0.1) is 23.6 Å². The van der Waals surface area contributed by atoms with Crippen molar-refractivity contribution in [2.24, 2.45) is 7.05 Å². The molecule has 7 heteroatoms. The van der Waals surface area contributed by atoms with Crippen molar-refractivity contribution in [3.05, 3.63) is 59.4 Å². The Bertz CT molecular complexity index is 997. The van der Waals surface area contributed by atoms with E-state index >= 15 is 0 Å². The van der Waals surface area contributed by atoms with Crippen LogP contribution >= 0.6 is 0 Å². The molecule has 1 unspecified atom stereocenters. The molecule has 4 atom stereocenters. The van der Waals surface area contributed by atoms with Gasteiger partial charge in [0.25, 0.3) is 11.8 Å². The highest BCUT2D eigenvalue weighted by Crippen LogP contribution is 2.40. The number of nitrogens with zero attached hydrogens (tertiary/aromatic N) is 2. The Morgan fingerprint density at radius 2 is 2.00 bits per heavy atom. The number of rotatable bonds is 3. The van der Waals surface area contributed by atoms with Crippen molar-refractivity contribution in [1.82, 2.24) is 20.1 Å². The Balaban J connectivity index is 1.35. The molecule has 2 fully saturated rings. The molecule has 1 aromatic heterocycles. The summed E-state index contributed by atoms with van der Waals surface area (Å²) in [5, 5.41) is 5.99. The van der Waals surface area contributed by atoms with Gasteiger partial charge in [-0.05, 0) is 37.0 Å². The predicted molar refractivity (Wildman–Crippen MR) is 106 cm³/mol. The van der Waals surface area contributed by atoms with Gasteiger partial charge in [-0.3, -0.25) is 14.4 Å². The number of carbonyl (C=O) groups is 3. The highest BCUT2D eigenvalue weighted by molar-refractivity contribution is 6.00. The number of aromatic nitrogens is 1. The quantitative estimate of drug-likeness (QED) is 0.829. The van der Waals surface area contributed by atoms with E-state index in [1.807, 2.05) is 40.9 Å². The van der Waals surface area contributed by atoms with Crippen LogP contribution in [0.3, 0.4) is 0 Å². The first-order chi connectivity index (χ1) is 14.0. The lowest BCUT2D eigenvalue weighted by atomic mass is 9.89. The monoisotopic (exact) mass is 392 g/mol. The van der Waals surface area contributed by atoms with E-state index < -0.39 is 0 Å². The Morgan fingerprint density at radius 3 is 2.79 bits per heavy atom. The van der Waals surface area contributed by atoms with Crippen LogP contribution in [-0.2, 0) is 11.8 Å². The summed E-state index contributed by atoms with van der Waals surface area (Å²) in [4.78, 5) is 40.2. The number of hydrogen-bond acceptors (Lipinski definition) is 3. The maximum absolute atomic E-state index is 13.5. The Labute approximate surface area is 169 Å². The van der Waals surface area contributed by atoms with Crippen LogP contribution in [0, 0.1) is 0 Å². The third-order valence-electron chi connectivity index (χ3n) is 6.55. The lowest BCUT2D eigenvalue weighted by molar-refractivity contribution is -0.134. The smallest absolute Gasteiger partial charge is 0.253 e. The van der Waals surface area contributed by atoms with Crippen molar-refractivity contribution in [1.29, 1.82) is 0 Å². The molecule has 3 aliphatic heterocycles. The molecule has 150 valence electrons. The van der Waals surface area contributed by atoms with E-state index in [-0.39, 0.29) is 41.8 Å². The summed E-state index contributed by atoms with van der Waals surface area (Å²) in [6.45, 7) is 0.325. The average Bonchev–Trinajstić information content (AvgIpc) is 3.42. The molecule has 2 aromatic rings. The average molecular weight is 392 g/mol. The number of aryl methyl sites for hydroxylation is 1. The Kier molecular flexibility index (Phi) is 4.19. The van der Waals surface area contributed by atoms with Gasteiger partial charge < -0.3 is 20.1 Å². The number of hydrogen-bond donors (Lipinski definition) is 2. The van der Waals surface area contributed by atoms with E-state index in [0.29, 0.717) is 17.7 Å². The van der Waals surface area contributed by atoms with Crippen molar-refractivity contribution in [2.75, 3.05) is 6.54 Å². The molecule has 2 saturated heterocycles. The molecule has 3 aliphatic rings. The van der Waals surface area contributed by atoms with Gasteiger partial charge >= 0.3 is 0 Å². The van der Waals surface area contributed by atoms with Crippen molar-refractivity contribution < 1.29 is 14.4 Å². The molecular formula is C22H24N4O3. The number of benzene rings is 1. The second kappa shape index (κ2) is 6.76. The van der Waals surface area contributed by atoms with Crippen LogP contribution < -0.4 is 10.6 Å². The number of fused-ring (bicyclic) bond motifs is 3. The van der Waals surface area contributed by atoms with Gasteiger partial charge in [-0.2, -0.15) is 0 Å². The molecular weight excluding hydrogens is 368 g/mol. The maximum atomic E-state index is 13.5. The van der Waals surface area contributed by atoms with E-state index in [4.69, 9.17) is 0 Å². The van der Waals surface area contributed by atoms with Crippen molar-refractivity contribution in [2.45, 2.75) is 43.3 Å². The third kappa shape index (κ3) is 2.92. The van der Waals surface area contributed by atoms with Crippen molar-refractivity contribution in [3.63, 3.8) is 0 Å². The molecule has 0 aliphatic carbocycles. The van der Waals surface area contributed by atoms with Crippen LogP contribution in [0.25, 0.3) is 0 Å². The molecule has 3 amide bonds. The van der Waals surface area contributed by atoms with Crippen molar-refractivity contribution >= 4 is 17.7 Å². The standard InChI is InChI=1S/C22H24N4O3/c1-25-9-8-13(12-25)20(27)24-18-10-14-6-7-19(18)26(14)22(29)17-11-23-21(28)16-5-3-2-4-15(16)17/h2-5,8-9,12,14,17-19H,6-7,10-11H2,1H3,(H,23,28)(H,24,27)/t14-,17?,18+,19+/m0/s1. The van der Waals surface area contributed by atoms with Crippen LogP contribution in [0.15, 0.2) is 42.7 Å². The third-order valence-corrected chi connectivity index (χ3v) is 6.55. The largest absolute Gasteiger partial charge is 0.356 e. The summed E-state index contributed by atoms with van der Waals surface area (Å²) in [7, 11) is 1.88. The highest BCUT2D eigenvalue weighted by Gasteiger charge is 2.51. The molecule has 0 spiro atoms. The molecule has 1 aromatic carbocycles. The molecule has 0 saturated carbocycles. The second-order valence-corrected chi connectivity index (χ2v) is 8.28. The van der Waals surface area contributed by atoms with Crippen LogP contribution in [0.1, 0.15) is 51.5 Å². The minimum Gasteiger partial charge on any atom is -0.356 e. The summed E-state index contributed by atoms with van der Waals surface area (Å²) < 4.78 is 1.85. The lowest BCUT2D eigenvalue weighted by Gasteiger charge is -2.31. The summed E-state index contributed by atoms with van der Waals surface area (Å²) in [6, 6.07) is 9.28. The molecule has 0 radical (unpaired) electrons. The topological polar surface area (TPSA) is 83.4 Å².